The van der Waals surface area contributed by atoms with Crippen molar-refractivity contribution < 1.29 is 19.1 Å². The number of amides is 1. The maximum Gasteiger partial charge on any atom is 0.338 e. The third-order valence-electron chi connectivity index (χ3n) is 4.96. The number of carbonyl (C=O) groups excluding carboxylic acids is 2. The summed E-state index contributed by atoms with van der Waals surface area (Å²) in [6.07, 6.45) is 0.956. The third-order valence-corrected chi connectivity index (χ3v) is 4.96. The van der Waals surface area contributed by atoms with Crippen LogP contribution in [0.15, 0.2) is 24.3 Å². The predicted octanol–water partition coefficient (Wildman–Crippen LogP) is 2.16. The molecular formula is C19H26N2O4. The molecular weight excluding hydrogens is 320 g/mol. The fourth-order valence-electron chi connectivity index (χ4n) is 3.02. The Morgan fingerprint density at radius 1 is 1.28 bits per heavy atom. The Balaban J connectivity index is 1.46. The van der Waals surface area contributed by atoms with Crippen LogP contribution in [0.3, 0.4) is 0 Å². The molecule has 25 heavy (non-hydrogen) atoms. The molecule has 0 spiro atoms. The van der Waals surface area contributed by atoms with E-state index in [1.807, 2.05) is 0 Å². The van der Waals surface area contributed by atoms with Crippen LogP contribution in [0.1, 0.15) is 30.6 Å². The highest BCUT2D eigenvalue weighted by Crippen LogP contribution is 2.38. The number of benzene rings is 1. The van der Waals surface area contributed by atoms with Crippen molar-refractivity contribution in [3.05, 3.63) is 29.8 Å². The quantitative estimate of drug-likeness (QED) is 0.800. The standard InChI is InChI=1S/C19H26N2O4/c1-13-11-17(13)18(22)20-16-5-3-15(4-6-16)19(23)25-12-14(2)21-7-9-24-10-8-21/h3-6,13-14,17H,7-12H2,1-2H3,(H,20,22)/t13-,14-,17-/m0/s1. The number of hydrogen-bond donors (Lipinski definition) is 1. The monoisotopic (exact) mass is 346 g/mol. The Morgan fingerprint density at radius 2 is 1.92 bits per heavy atom. The van der Waals surface area contributed by atoms with Crippen LogP contribution in [-0.4, -0.2) is 55.7 Å². The topological polar surface area (TPSA) is 67.9 Å². The largest absolute Gasteiger partial charge is 0.460 e. The number of anilines is 1. The molecule has 2 fully saturated rings. The van der Waals surface area contributed by atoms with Gasteiger partial charge in [-0.25, -0.2) is 4.79 Å². The molecule has 1 aliphatic carbocycles. The van der Waals surface area contributed by atoms with E-state index in [4.69, 9.17) is 9.47 Å². The first-order chi connectivity index (χ1) is 12.0. The first-order valence-corrected chi connectivity index (χ1v) is 8.94. The van der Waals surface area contributed by atoms with Crippen molar-refractivity contribution in [3.63, 3.8) is 0 Å². The lowest BCUT2D eigenvalue weighted by molar-refractivity contribution is -0.117. The first-order valence-electron chi connectivity index (χ1n) is 8.94. The summed E-state index contributed by atoms with van der Waals surface area (Å²) >= 11 is 0. The molecule has 1 heterocycles. The summed E-state index contributed by atoms with van der Waals surface area (Å²) < 4.78 is 10.7. The molecule has 1 aliphatic heterocycles. The summed E-state index contributed by atoms with van der Waals surface area (Å²) in [7, 11) is 0. The van der Waals surface area contributed by atoms with Gasteiger partial charge in [0.1, 0.15) is 6.61 Å². The fraction of sp³-hybridized carbons (Fsp3) is 0.579. The number of morpholine rings is 1. The number of nitrogens with one attached hydrogen (secondary N) is 1. The molecule has 0 radical (unpaired) electrons. The van der Waals surface area contributed by atoms with Crippen LogP contribution in [0.2, 0.25) is 0 Å². The van der Waals surface area contributed by atoms with Crippen molar-refractivity contribution in [3.8, 4) is 0 Å². The van der Waals surface area contributed by atoms with E-state index < -0.39 is 0 Å². The van der Waals surface area contributed by atoms with Gasteiger partial charge in [0.2, 0.25) is 5.91 Å². The molecule has 0 bridgehead atoms. The van der Waals surface area contributed by atoms with Gasteiger partial charge in [-0.3, -0.25) is 9.69 Å². The van der Waals surface area contributed by atoms with Crippen LogP contribution in [0.25, 0.3) is 0 Å². The Kier molecular flexibility index (Phi) is 5.71. The maximum atomic E-state index is 12.2. The second-order valence-corrected chi connectivity index (χ2v) is 6.98. The van der Waals surface area contributed by atoms with E-state index in [-0.39, 0.29) is 23.8 Å². The summed E-state index contributed by atoms with van der Waals surface area (Å²) in [5.41, 5.74) is 1.20. The van der Waals surface area contributed by atoms with Gasteiger partial charge in [-0.2, -0.15) is 0 Å². The van der Waals surface area contributed by atoms with Crippen LogP contribution in [-0.2, 0) is 14.3 Å². The van der Waals surface area contributed by atoms with Crippen molar-refractivity contribution in [2.24, 2.45) is 11.8 Å². The smallest absolute Gasteiger partial charge is 0.338 e. The number of ether oxygens (including phenoxy) is 2. The number of carbonyl (C=O) groups is 2. The number of nitrogens with zero attached hydrogens (tertiary/aromatic N) is 1. The molecule has 2 aliphatic rings. The van der Waals surface area contributed by atoms with Crippen LogP contribution < -0.4 is 5.32 Å². The first kappa shape index (κ1) is 17.9. The molecule has 6 heteroatoms. The number of hydrogen-bond acceptors (Lipinski definition) is 5. The molecule has 3 atom stereocenters. The van der Waals surface area contributed by atoms with Gasteiger partial charge in [0.25, 0.3) is 0 Å². The summed E-state index contributed by atoms with van der Waals surface area (Å²) in [6, 6.07) is 7.04. The lowest BCUT2D eigenvalue weighted by Gasteiger charge is -2.31. The summed E-state index contributed by atoms with van der Waals surface area (Å²) in [5, 5.41) is 2.88. The minimum atomic E-state index is -0.339. The summed E-state index contributed by atoms with van der Waals surface area (Å²) in [4.78, 5) is 26.3. The van der Waals surface area contributed by atoms with Crippen molar-refractivity contribution in [1.29, 1.82) is 0 Å². The zero-order chi connectivity index (χ0) is 17.8. The second-order valence-electron chi connectivity index (χ2n) is 6.98. The molecule has 1 aromatic rings. The van der Waals surface area contributed by atoms with E-state index in [0.717, 1.165) is 32.7 Å². The lowest BCUT2D eigenvalue weighted by atomic mass is 10.2. The molecule has 0 unspecified atom stereocenters. The van der Waals surface area contributed by atoms with Gasteiger partial charge in [0, 0.05) is 30.7 Å². The van der Waals surface area contributed by atoms with Crippen LogP contribution in [0.5, 0.6) is 0 Å². The van der Waals surface area contributed by atoms with E-state index in [2.05, 4.69) is 24.1 Å². The summed E-state index contributed by atoms with van der Waals surface area (Å²) in [6.45, 7) is 7.67. The van der Waals surface area contributed by atoms with E-state index in [1.165, 1.54) is 0 Å². The van der Waals surface area contributed by atoms with Gasteiger partial charge >= 0.3 is 5.97 Å². The van der Waals surface area contributed by atoms with Crippen molar-refractivity contribution in [1.82, 2.24) is 4.90 Å². The average Bonchev–Trinajstić information content (AvgIpc) is 3.37. The zero-order valence-electron chi connectivity index (χ0n) is 14.9. The molecule has 1 aromatic carbocycles. The molecule has 6 nitrogen and oxygen atoms in total. The molecule has 1 saturated heterocycles. The Bertz CT molecular complexity index is 610. The SMILES string of the molecule is C[C@H]1C[C@@H]1C(=O)Nc1ccc(C(=O)OC[C@H](C)N2CCOCC2)cc1. The highest BCUT2D eigenvalue weighted by molar-refractivity contribution is 5.95. The third kappa shape index (κ3) is 4.80. The molecule has 3 rings (SSSR count). The Labute approximate surface area is 148 Å². The minimum absolute atomic E-state index is 0.0576. The van der Waals surface area contributed by atoms with Crippen molar-refractivity contribution >= 4 is 17.6 Å². The van der Waals surface area contributed by atoms with Crippen molar-refractivity contribution in [2.75, 3.05) is 38.2 Å². The molecule has 136 valence electrons. The van der Waals surface area contributed by atoms with Crippen LogP contribution in [0, 0.1) is 11.8 Å². The molecule has 1 amide bonds. The van der Waals surface area contributed by atoms with Crippen LogP contribution in [0.4, 0.5) is 5.69 Å². The van der Waals surface area contributed by atoms with Gasteiger partial charge < -0.3 is 14.8 Å². The highest BCUT2D eigenvalue weighted by atomic mass is 16.5. The van der Waals surface area contributed by atoms with E-state index in [0.29, 0.717) is 23.8 Å². The van der Waals surface area contributed by atoms with Gasteiger partial charge in [-0.1, -0.05) is 6.92 Å². The van der Waals surface area contributed by atoms with E-state index in [9.17, 15) is 9.59 Å². The van der Waals surface area contributed by atoms with Gasteiger partial charge in [-0.05, 0) is 43.5 Å². The van der Waals surface area contributed by atoms with Gasteiger partial charge in [-0.15, -0.1) is 0 Å². The highest BCUT2D eigenvalue weighted by Gasteiger charge is 2.39. The van der Waals surface area contributed by atoms with Gasteiger partial charge in [0.05, 0.1) is 18.8 Å². The number of rotatable bonds is 6. The Morgan fingerprint density at radius 3 is 2.52 bits per heavy atom. The lowest BCUT2D eigenvalue weighted by Crippen LogP contribution is -2.44. The van der Waals surface area contributed by atoms with E-state index >= 15 is 0 Å². The summed E-state index contributed by atoms with van der Waals surface area (Å²) in [5.74, 6) is 0.324. The maximum absolute atomic E-state index is 12.2. The van der Waals surface area contributed by atoms with Gasteiger partial charge in [0.15, 0.2) is 0 Å². The zero-order valence-corrected chi connectivity index (χ0v) is 14.9. The number of esters is 1. The van der Waals surface area contributed by atoms with Crippen LogP contribution >= 0.6 is 0 Å². The minimum Gasteiger partial charge on any atom is -0.460 e. The fourth-order valence-corrected chi connectivity index (χ4v) is 3.02. The Hall–Kier alpha value is -1.92. The second kappa shape index (κ2) is 7.97. The van der Waals surface area contributed by atoms with E-state index in [1.54, 1.807) is 24.3 Å². The predicted molar refractivity (Wildman–Crippen MR) is 94.5 cm³/mol. The van der Waals surface area contributed by atoms with Crippen molar-refractivity contribution in [2.45, 2.75) is 26.3 Å². The molecule has 0 aromatic heterocycles. The molecule has 1 saturated carbocycles. The average molecular weight is 346 g/mol. The molecule has 1 N–H and O–H groups in total. The normalized spacial score (nSPS) is 24.4.